The van der Waals surface area contributed by atoms with Crippen LogP contribution in [0.15, 0.2) is 22.7 Å². The monoisotopic (exact) mass is 272 g/mol. The fourth-order valence-electron chi connectivity index (χ4n) is 1.31. The normalized spacial score (nSPS) is 10.3. The van der Waals surface area contributed by atoms with Crippen LogP contribution in [-0.4, -0.2) is 26.8 Å². The molecule has 0 aliphatic carbocycles. The van der Waals surface area contributed by atoms with E-state index in [0.29, 0.717) is 0 Å². The van der Waals surface area contributed by atoms with Crippen LogP contribution in [0, 0.1) is 0 Å². The summed E-state index contributed by atoms with van der Waals surface area (Å²) in [5, 5.41) is 0. The molecule has 3 nitrogen and oxygen atoms in total. The van der Waals surface area contributed by atoms with Crippen LogP contribution in [0.25, 0.3) is 0 Å². The summed E-state index contributed by atoms with van der Waals surface area (Å²) >= 11 is 3.43. The number of anilines is 2. The van der Waals surface area contributed by atoms with Gasteiger partial charge in [0.15, 0.2) is 0 Å². The number of hydrogen-bond donors (Lipinski definition) is 1. The summed E-state index contributed by atoms with van der Waals surface area (Å²) in [6.45, 7) is 4.31. The van der Waals surface area contributed by atoms with Gasteiger partial charge < -0.3 is 15.4 Å². The highest BCUT2D eigenvalue weighted by Crippen LogP contribution is 2.25. The number of rotatable bonds is 5. The molecular weight excluding hydrogens is 256 g/mol. The zero-order valence-electron chi connectivity index (χ0n) is 9.16. The molecule has 15 heavy (non-hydrogen) atoms. The highest BCUT2D eigenvalue weighted by Gasteiger charge is 2.05. The second-order valence-electron chi connectivity index (χ2n) is 3.32. The molecule has 1 aromatic carbocycles. The second kappa shape index (κ2) is 5.98. The van der Waals surface area contributed by atoms with Gasteiger partial charge in [-0.15, -0.1) is 0 Å². The molecule has 0 fully saturated rings. The van der Waals surface area contributed by atoms with Gasteiger partial charge in [-0.1, -0.05) is 15.9 Å². The Balaban J connectivity index is 2.64. The molecule has 0 radical (unpaired) electrons. The van der Waals surface area contributed by atoms with Crippen LogP contribution in [0.4, 0.5) is 11.4 Å². The molecule has 0 amide bonds. The van der Waals surface area contributed by atoms with Gasteiger partial charge in [-0.05, 0) is 25.1 Å². The van der Waals surface area contributed by atoms with Crippen LogP contribution in [0.1, 0.15) is 6.92 Å². The molecule has 0 saturated carbocycles. The van der Waals surface area contributed by atoms with E-state index in [0.717, 1.165) is 35.6 Å². The fraction of sp³-hybridized carbons (Fsp3) is 0.455. The molecular formula is C11H17BrN2O. The predicted octanol–water partition coefficient (Wildman–Crippen LogP) is 2.50. The molecule has 0 aliphatic rings. The van der Waals surface area contributed by atoms with Gasteiger partial charge in [-0.25, -0.2) is 0 Å². The maximum Gasteiger partial charge on any atom is 0.0641 e. The first-order chi connectivity index (χ1) is 7.15. The van der Waals surface area contributed by atoms with Crippen LogP contribution in [0.3, 0.4) is 0 Å². The average Bonchev–Trinajstić information content (AvgIpc) is 2.22. The van der Waals surface area contributed by atoms with Crippen LogP contribution in [0.5, 0.6) is 0 Å². The molecule has 0 aromatic heterocycles. The van der Waals surface area contributed by atoms with Crippen molar-refractivity contribution in [1.29, 1.82) is 0 Å². The van der Waals surface area contributed by atoms with E-state index in [1.807, 2.05) is 32.2 Å². The lowest BCUT2D eigenvalue weighted by molar-refractivity contribution is 0.154. The van der Waals surface area contributed by atoms with Crippen LogP contribution >= 0.6 is 15.9 Å². The Hall–Kier alpha value is -0.740. The first-order valence-electron chi connectivity index (χ1n) is 4.99. The minimum Gasteiger partial charge on any atom is -0.397 e. The van der Waals surface area contributed by atoms with E-state index >= 15 is 0 Å². The number of likely N-dealkylation sites (N-methyl/N-ethyl adjacent to an activating group) is 1. The van der Waals surface area contributed by atoms with E-state index in [2.05, 4.69) is 20.8 Å². The molecule has 1 rings (SSSR count). The van der Waals surface area contributed by atoms with Gasteiger partial charge in [0.1, 0.15) is 0 Å². The summed E-state index contributed by atoms with van der Waals surface area (Å²) in [5.41, 5.74) is 7.71. The summed E-state index contributed by atoms with van der Waals surface area (Å²) in [5.74, 6) is 0. The highest BCUT2D eigenvalue weighted by molar-refractivity contribution is 9.10. The first kappa shape index (κ1) is 12.3. The van der Waals surface area contributed by atoms with Crippen LogP contribution in [0.2, 0.25) is 0 Å². The Bertz CT molecular complexity index is 317. The topological polar surface area (TPSA) is 38.5 Å². The largest absolute Gasteiger partial charge is 0.397 e. The number of nitrogen functional groups attached to an aromatic ring is 1. The smallest absolute Gasteiger partial charge is 0.0641 e. The van der Waals surface area contributed by atoms with E-state index in [9.17, 15) is 0 Å². The van der Waals surface area contributed by atoms with Crippen LogP contribution < -0.4 is 10.6 Å². The molecule has 0 bridgehead atoms. The molecule has 0 aliphatic heterocycles. The maximum absolute atomic E-state index is 5.89. The van der Waals surface area contributed by atoms with Gasteiger partial charge in [0, 0.05) is 24.7 Å². The van der Waals surface area contributed by atoms with Crippen LogP contribution in [-0.2, 0) is 4.74 Å². The molecule has 0 unspecified atom stereocenters. The zero-order valence-corrected chi connectivity index (χ0v) is 10.8. The lowest BCUT2D eigenvalue weighted by atomic mass is 10.2. The minimum absolute atomic E-state index is 0.721. The third-order valence-corrected chi connectivity index (χ3v) is 2.67. The molecule has 0 spiro atoms. The molecule has 4 heteroatoms. The number of hydrogen-bond acceptors (Lipinski definition) is 3. The second-order valence-corrected chi connectivity index (χ2v) is 4.24. The lowest BCUT2D eigenvalue weighted by Crippen LogP contribution is -2.23. The fourth-order valence-corrected chi connectivity index (χ4v) is 1.66. The number of halogens is 1. The standard InChI is InChI=1S/C11H17BrN2O/c1-3-15-7-6-14(2)11-8-9(12)4-5-10(11)13/h4-5,8H,3,6-7,13H2,1-2H3. The van der Waals surface area contributed by atoms with Gasteiger partial charge in [0.25, 0.3) is 0 Å². The van der Waals surface area contributed by atoms with E-state index in [1.54, 1.807) is 0 Å². The van der Waals surface area contributed by atoms with Gasteiger partial charge >= 0.3 is 0 Å². The molecule has 0 saturated heterocycles. The zero-order chi connectivity index (χ0) is 11.3. The van der Waals surface area contributed by atoms with E-state index in [1.165, 1.54) is 0 Å². The van der Waals surface area contributed by atoms with Gasteiger partial charge in [-0.3, -0.25) is 0 Å². The Morgan fingerprint density at radius 1 is 1.47 bits per heavy atom. The van der Waals surface area contributed by atoms with Crippen molar-refractivity contribution in [2.75, 3.05) is 37.4 Å². The predicted molar refractivity (Wildman–Crippen MR) is 68.3 cm³/mol. The van der Waals surface area contributed by atoms with Crippen molar-refractivity contribution >= 4 is 27.3 Å². The van der Waals surface area contributed by atoms with E-state index < -0.39 is 0 Å². The Morgan fingerprint density at radius 2 is 2.20 bits per heavy atom. The van der Waals surface area contributed by atoms with Crippen molar-refractivity contribution in [1.82, 2.24) is 0 Å². The summed E-state index contributed by atoms with van der Waals surface area (Å²) in [7, 11) is 2.01. The van der Waals surface area contributed by atoms with Crippen molar-refractivity contribution in [3.05, 3.63) is 22.7 Å². The first-order valence-corrected chi connectivity index (χ1v) is 5.78. The number of nitrogens with zero attached hydrogens (tertiary/aromatic N) is 1. The third kappa shape index (κ3) is 3.72. The third-order valence-electron chi connectivity index (χ3n) is 2.18. The molecule has 0 atom stereocenters. The quantitative estimate of drug-likeness (QED) is 0.661. The van der Waals surface area contributed by atoms with Gasteiger partial charge in [0.05, 0.1) is 18.0 Å². The lowest BCUT2D eigenvalue weighted by Gasteiger charge is -2.21. The average molecular weight is 273 g/mol. The Morgan fingerprint density at radius 3 is 2.87 bits per heavy atom. The summed E-state index contributed by atoms with van der Waals surface area (Å²) in [6.07, 6.45) is 0. The molecule has 84 valence electrons. The molecule has 0 heterocycles. The SMILES string of the molecule is CCOCCN(C)c1cc(Br)ccc1N. The highest BCUT2D eigenvalue weighted by atomic mass is 79.9. The van der Waals surface area contributed by atoms with Crippen molar-refractivity contribution in [2.24, 2.45) is 0 Å². The molecule has 1 aromatic rings. The maximum atomic E-state index is 5.89. The summed E-state index contributed by atoms with van der Waals surface area (Å²) < 4.78 is 6.34. The Kier molecular flexibility index (Phi) is 4.91. The van der Waals surface area contributed by atoms with E-state index in [-0.39, 0.29) is 0 Å². The van der Waals surface area contributed by atoms with Gasteiger partial charge in [-0.2, -0.15) is 0 Å². The minimum atomic E-state index is 0.721. The Labute approximate surface area is 99.3 Å². The number of ether oxygens (including phenoxy) is 1. The summed E-state index contributed by atoms with van der Waals surface area (Å²) in [6, 6.07) is 5.85. The summed E-state index contributed by atoms with van der Waals surface area (Å²) in [4.78, 5) is 2.09. The van der Waals surface area contributed by atoms with Crippen molar-refractivity contribution in [2.45, 2.75) is 6.92 Å². The van der Waals surface area contributed by atoms with Crippen molar-refractivity contribution in [3.8, 4) is 0 Å². The van der Waals surface area contributed by atoms with Crippen molar-refractivity contribution in [3.63, 3.8) is 0 Å². The molecule has 2 N–H and O–H groups in total. The van der Waals surface area contributed by atoms with Gasteiger partial charge in [0.2, 0.25) is 0 Å². The van der Waals surface area contributed by atoms with E-state index in [4.69, 9.17) is 10.5 Å². The number of benzene rings is 1. The number of nitrogens with two attached hydrogens (primary N) is 1. The van der Waals surface area contributed by atoms with Crippen molar-refractivity contribution < 1.29 is 4.74 Å².